The minimum absolute atomic E-state index is 0.161. The Balaban J connectivity index is 3.06. The van der Waals surface area contributed by atoms with E-state index >= 15 is 0 Å². The van der Waals surface area contributed by atoms with Crippen molar-refractivity contribution in [2.45, 2.75) is 26.7 Å². The molecule has 0 radical (unpaired) electrons. The molecule has 0 aromatic heterocycles. The van der Waals surface area contributed by atoms with Crippen molar-refractivity contribution in [1.82, 2.24) is 0 Å². The van der Waals surface area contributed by atoms with Gasteiger partial charge in [0.15, 0.2) is 0 Å². The van der Waals surface area contributed by atoms with Crippen LogP contribution in [0.5, 0.6) is 5.75 Å². The van der Waals surface area contributed by atoms with Gasteiger partial charge in [0.05, 0.1) is 0 Å². The third-order valence-electron chi connectivity index (χ3n) is 2.30. The lowest BCUT2D eigenvalue weighted by Gasteiger charge is -2.08. The number of aliphatic hydroxyl groups is 1. The van der Waals surface area contributed by atoms with E-state index in [0.29, 0.717) is 12.2 Å². The van der Waals surface area contributed by atoms with Gasteiger partial charge in [-0.05, 0) is 42.5 Å². The smallest absolute Gasteiger partial charge is 0.119 e. The summed E-state index contributed by atoms with van der Waals surface area (Å²) in [6.07, 6.45) is 1.49. The molecule has 0 aliphatic heterocycles. The molecule has 1 aromatic carbocycles. The lowest BCUT2D eigenvalue weighted by atomic mass is 10.0. The second-order valence-corrected chi connectivity index (χ2v) is 3.23. The summed E-state index contributed by atoms with van der Waals surface area (Å²) in [4.78, 5) is 0. The molecule has 0 fully saturated rings. The molecule has 0 heterocycles. The van der Waals surface area contributed by atoms with Gasteiger partial charge in [-0.3, -0.25) is 0 Å². The van der Waals surface area contributed by atoms with Crippen molar-refractivity contribution in [1.29, 1.82) is 0 Å². The van der Waals surface area contributed by atoms with Crippen molar-refractivity contribution < 1.29 is 10.2 Å². The maximum atomic E-state index is 9.52. The number of aryl methyl sites for hydroxylation is 2. The summed E-state index contributed by atoms with van der Waals surface area (Å²) in [5, 5.41) is 18.3. The van der Waals surface area contributed by atoms with Crippen molar-refractivity contribution in [3.63, 3.8) is 0 Å². The first-order valence-corrected chi connectivity index (χ1v) is 4.61. The summed E-state index contributed by atoms with van der Waals surface area (Å²) >= 11 is 0. The van der Waals surface area contributed by atoms with Gasteiger partial charge in [-0.2, -0.15) is 0 Å². The fraction of sp³-hybridized carbons (Fsp3) is 0.455. The molecule has 1 rings (SSSR count). The molecule has 2 nitrogen and oxygen atoms in total. The minimum atomic E-state index is 0.161. The first-order chi connectivity index (χ1) is 6.19. The lowest BCUT2D eigenvalue weighted by Crippen LogP contribution is -1.96. The van der Waals surface area contributed by atoms with Gasteiger partial charge in [0.1, 0.15) is 5.75 Å². The Morgan fingerprint density at radius 3 is 2.46 bits per heavy atom. The molecule has 0 atom stereocenters. The summed E-state index contributed by atoms with van der Waals surface area (Å²) in [5.74, 6) is 0.363. The van der Waals surface area contributed by atoms with E-state index in [1.165, 1.54) is 0 Å². The largest absolute Gasteiger partial charge is 0.508 e. The van der Waals surface area contributed by atoms with Crippen LogP contribution in [0.4, 0.5) is 0 Å². The number of aliphatic hydroxyl groups excluding tert-OH is 1. The highest BCUT2D eigenvalue weighted by molar-refractivity contribution is 5.41. The number of phenolic OH excluding ortho intramolecular Hbond substituents is 1. The molecule has 0 unspecified atom stereocenters. The molecule has 1 aromatic rings. The Bertz CT molecular complexity index is 292. The van der Waals surface area contributed by atoms with E-state index in [1.54, 1.807) is 6.07 Å². The molecular weight excluding hydrogens is 164 g/mol. The zero-order valence-corrected chi connectivity index (χ0v) is 8.17. The van der Waals surface area contributed by atoms with Crippen LogP contribution in [0, 0.1) is 6.92 Å². The van der Waals surface area contributed by atoms with Crippen LogP contribution in [0.1, 0.15) is 23.6 Å². The van der Waals surface area contributed by atoms with Gasteiger partial charge in [0.2, 0.25) is 0 Å². The Kier molecular flexibility index (Phi) is 3.32. The Hall–Kier alpha value is -1.02. The SMILES string of the molecule is CCc1cc(CCO)c(C)cc1O. The maximum absolute atomic E-state index is 9.52. The normalized spacial score (nSPS) is 10.4. The highest BCUT2D eigenvalue weighted by Gasteiger charge is 2.04. The van der Waals surface area contributed by atoms with E-state index in [4.69, 9.17) is 5.11 Å². The van der Waals surface area contributed by atoms with Crippen LogP contribution >= 0.6 is 0 Å². The zero-order valence-electron chi connectivity index (χ0n) is 8.17. The standard InChI is InChI=1S/C11H16O2/c1-3-9-7-10(4-5-12)8(2)6-11(9)13/h6-7,12-13H,3-5H2,1-2H3. The predicted octanol–water partition coefficient (Wildman–Crippen LogP) is 1.80. The Labute approximate surface area is 78.8 Å². The summed E-state index contributed by atoms with van der Waals surface area (Å²) in [6, 6.07) is 3.74. The van der Waals surface area contributed by atoms with Crippen LogP contribution in [0.15, 0.2) is 12.1 Å². The molecule has 2 N–H and O–H groups in total. The van der Waals surface area contributed by atoms with Crippen molar-refractivity contribution in [3.05, 3.63) is 28.8 Å². The topological polar surface area (TPSA) is 40.5 Å². The molecule has 0 saturated carbocycles. The van der Waals surface area contributed by atoms with Crippen LogP contribution in [0.3, 0.4) is 0 Å². The van der Waals surface area contributed by atoms with E-state index in [1.807, 2.05) is 19.9 Å². The van der Waals surface area contributed by atoms with Gasteiger partial charge in [-0.25, -0.2) is 0 Å². The summed E-state index contributed by atoms with van der Waals surface area (Å²) < 4.78 is 0. The van der Waals surface area contributed by atoms with E-state index in [2.05, 4.69) is 0 Å². The number of aromatic hydroxyl groups is 1. The van der Waals surface area contributed by atoms with E-state index in [9.17, 15) is 5.11 Å². The molecule has 0 saturated heterocycles. The number of benzene rings is 1. The van der Waals surface area contributed by atoms with Crippen LogP contribution in [0.25, 0.3) is 0 Å². The van der Waals surface area contributed by atoms with Gasteiger partial charge in [-0.15, -0.1) is 0 Å². The lowest BCUT2D eigenvalue weighted by molar-refractivity contribution is 0.299. The zero-order chi connectivity index (χ0) is 9.84. The second-order valence-electron chi connectivity index (χ2n) is 3.23. The number of rotatable bonds is 3. The molecular formula is C11H16O2. The van der Waals surface area contributed by atoms with Crippen LogP contribution in [-0.4, -0.2) is 16.8 Å². The molecule has 0 amide bonds. The molecule has 72 valence electrons. The van der Waals surface area contributed by atoms with E-state index < -0.39 is 0 Å². The molecule has 0 aliphatic carbocycles. The van der Waals surface area contributed by atoms with E-state index in [-0.39, 0.29) is 6.61 Å². The fourth-order valence-electron chi connectivity index (χ4n) is 1.46. The molecule has 2 heteroatoms. The molecule has 0 bridgehead atoms. The average Bonchev–Trinajstić information content (AvgIpc) is 2.10. The number of hydrogen-bond donors (Lipinski definition) is 2. The molecule has 0 aliphatic rings. The first-order valence-electron chi connectivity index (χ1n) is 4.61. The van der Waals surface area contributed by atoms with Crippen molar-refractivity contribution >= 4 is 0 Å². The summed E-state index contributed by atoms with van der Waals surface area (Å²) in [6.45, 7) is 4.12. The third kappa shape index (κ3) is 2.22. The Morgan fingerprint density at radius 2 is 1.92 bits per heavy atom. The second kappa shape index (κ2) is 4.28. The first kappa shape index (κ1) is 10.1. The fourth-order valence-corrected chi connectivity index (χ4v) is 1.46. The maximum Gasteiger partial charge on any atom is 0.119 e. The van der Waals surface area contributed by atoms with Crippen molar-refractivity contribution in [2.24, 2.45) is 0 Å². The van der Waals surface area contributed by atoms with Gasteiger partial charge in [0.25, 0.3) is 0 Å². The van der Waals surface area contributed by atoms with Gasteiger partial charge < -0.3 is 10.2 Å². The highest BCUT2D eigenvalue weighted by atomic mass is 16.3. The quantitative estimate of drug-likeness (QED) is 0.744. The van der Waals surface area contributed by atoms with Crippen LogP contribution < -0.4 is 0 Å². The van der Waals surface area contributed by atoms with Crippen LogP contribution in [0.2, 0.25) is 0 Å². The third-order valence-corrected chi connectivity index (χ3v) is 2.30. The van der Waals surface area contributed by atoms with E-state index in [0.717, 1.165) is 23.1 Å². The van der Waals surface area contributed by atoms with Gasteiger partial charge in [0, 0.05) is 6.61 Å². The van der Waals surface area contributed by atoms with Gasteiger partial charge in [-0.1, -0.05) is 13.0 Å². The van der Waals surface area contributed by atoms with Crippen molar-refractivity contribution in [3.8, 4) is 5.75 Å². The minimum Gasteiger partial charge on any atom is -0.508 e. The number of hydrogen-bond acceptors (Lipinski definition) is 2. The summed E-state index contributed by atoms with van der Waals surface area (Å²) in [5.41, 5.74) is 3.12. The predicted molar refractivity (Wildman–Crippen MR) is 53.0 cm³/mol. The average molecular weight is 180 g/mol. The van der Waals surface area contributed by atoms with Gasteiger partial charge >= 0.3 is 0 Å². The summed E-state index contributed by atoms with van der Waals surface area (Å²) in [7, 11) is 0. The number of phenols is 1. The molecule has 13 heavy (non-hydrogen) atoms. The van der Waals surface area contributed by atoms with Crippen LogP contribution in [-0.2, 0) is 12.8 Å². The molecule has 0 spiro atoms. The Morgan fingerprint density at radius 1 is 1.23 bits per heavy atom. The highest BCUT2D eigenvalue weighted by Crippen LogP contribution is 2.22. The van der Waals surface area contributed by atoms with Crippen molar-refractivity contribution in [2.75, 3.05) is 6.61 Å². The monoisotopic (exact) mass is 180 g/mol.